The van der Waals surface area contributed by atoms with Crippen LogP contribution in [0.3, 0.4) is 0 Å². The number of rotatable bonds is 9. The van der Waals surface area contributed by atoms with Crippen LogP contribution in [-0.2, 0) is 13.2 Å². The predicted octanol–water partition coefficient (Wildman–Crippen LogP) is 5.81. The third-order valence-corrected chi connectivity index (χ3v) is 5.31. The van der Waals surface area contributed by atoms with Crippen molar-refractivity contribution in [3.63, 3.8) is 0 Å². The highest BCUT2D eigenvalue weighted by Gasteiger charge is 2.16. The molecule has 0 amide bonds. The number of aromatic nitrogens is 1. The quantitative estimate of drug-likeness (QED) is 0.337. The third kappa shape index (κ3) is 4.72. The summed E-state index contributed by atoms with van der Waals surface area (Å²) in [5.41, 5.74) is 4.39. The minimum absolute atomic E-state index is 0.559. The third-order valence-electron chi connectivity index (χ3n) is 5.31. The maximum Gasteiger partial charge on any atom is 0.203 e. The second kappa shape index (κ2) is 9.96. The first-order chi connectivity index (χ1) is 15.7. The fourth-order valence-corrected chi connectivity index (χ4v) is 3.67. The Labute approximate surface area is 188 Å². The van der Waals surface area contributed by atoms with Crippen LogP contribution in [0.1, 0.15) is 11.1 Å². The van der Waals surface area contributed by atoms with Crippen LogP contribution in [0.25, 0.3) is 11.3 Å². The van der Waals surface area contributed by atoms with Crippen LogP contribution in [0.5, 0.6) is 23.0 Å². The molecule has 0 saturated carbocycles. The van der Waals surface area contributed by atoms with Gasteiger partial charge < -0.3 is 23.5 Å². The van der Waals surface area contributed by atoms with Gasteiger partial charge in [-0.3, -0.25) is 0 Å². The van der Waals surface area contributed by atoms with Crippen LogP contribution in [0, 0.1) is 0 Å². The highest BCUT2D eigenvalue weighted by molar-refractivity contribution is 5.69. The molecule has 1 aromatic heterocycles. The molecular formula is C27H27NO4. The Morgan fingerprint density at radius 2 is 1.38 bits per heavy atom. The van der Waals surface area contributed by atoms with Crippen molar-refractivity contribution in [3.8, 4) is 34.3 Å². The molecule has 0 atom stereocenters. The van der Waals surface area contributed by atoms with Crippen molar-refractivity contribution in [1.29, 1.82) is 0 Å². The van der Waals surface area contributed by atoms with Crippen molar-refractivity contribution < 1.29 is 18.9 Å². The summed E-state index contributed by atoms with van der Waals surface area (Å²) in [4.78, 5) is 0. The zero-order chi connectivity index (χ0) is 22.3. The summed E-state index contributed by atoms with van der Waals surface area (Å²) in [5, 5.41) is 0. The number of nitrogens with zero attached hydrogens (tertiary/aromatic N) is 1. The van der Waals surface area contributed by atoms with E-state index in [0.29, 0.717) is 23.9 Å². The normalized spacial score (nSPS) is 10.6. The van der Waals surface area contributed by atoms with E-state index in [0.717, 1.165) is 29.1 Å². The molecule has 0 saturated heterocycles. The van der Waals surface area contributed by atoms with Gasteiger partial charge in [0.15, 0.2) is 11.5 Å². The van der Waals surface area contributed by atoms with Crippen molar-refractivity contribution in [2.45, 2.75) is 13.2 Å². The second-order valence-corrected chi connectivity index (χ2v) is 7.35. The Bertz CT molecular complexity index is 1130. The van der Waals surface area contributed by atoms with Gasteiger partial charge in [0, 0.05) is 24.0 Å². The molecule has 164 valence electrons. The van der Waals surface area contributed by atoms with E-state index in [1.165, 1.54) is 5.56 Å². The zero-order valence-corrected chi connectivity index (χ0v) is 18.6. The van der Waals surface area contributed by atoms with Crippen molar-refractivity contribution in [2.24, 2.45) is 0 Å². The van der Waals surface area contributed by atoms with Crippen LogP contribution in [-0.4, -0.2) is 25.9 Å². The summed E-state index contributed by atoms with van der Waals surface area (Å²) in [5.74, 6) is 2.71. The lowest BCUT2D eigenvalue weighted by Gasteiger charge is -2.16. The smallest absolute Gasteiger partial charge is 0.203 e. The molecule has 5 nitrogen and oxygen atoms in total. The standard InChI is InChI=1S/C27H27NO4/c1-29-25-16-22(17-26(30-2)27(25)31-3)24-10-7-15-28(24)18-20-11-13-23(14-12-20)32-19-21-8-5-4-6-9-21/h4-17H,18-19H2,1-3H3. The van der Waals surface area contributed by atoms with Crippen LogP contribution in [0.15, 0.2) is 85.1 Å². The molecular weight excluding hydrogens is 402 g/mol. The van der Waals surface area contributed by atoms with Crippen molar-refractivity contribution in [2.75, 3.05) is 21.3 Å². The predicted molar refractivity (Wildman–Crippen MR) is 126 cm³/mol. The van der Waals surface area contributed by atoms with Gasteiger partial charge in [0.25, 0.3) is 0 Å². The number of hydrogen-bond acceptors (Lipinski definition) is 4. The van der Waals surface area contributed by atoms with Gasteiger partial charge in [-0.1, -0.05) is 42.5 Å². The lowest BCUT2D eigenvalue weighted by Crippen LogP contribution is -2.02. The highest BCUT2D eigenvalue weighted by Crippen LogP contribution is 2.41. The number of benzene rings is 3. The maximum atomic E-state index is 5.90. The summed E-state index contributed by atoms with van der Waals surface area (Å²) in [7, 11) is 4.86. The largest absolute Gasteiger partial charge is 0.493 e. The van der Waals surface area contributed by atoms with Crippen LogP contribution < -0.4 is 18.9 Å². The summed E-state index contributed by atoms with van der Waals surface area (Å²) in [6.07, 6.45) is 2.07. The summed E-state index contributed by atoms with van der Waals surface area (Å²) in [6, 6.07) is 26.4. The van der Waals surface area contributed by atoms with Crippen molar-refractivity contribution in [1.82, 2.24) is 4.57 Å². The molecule has 0 bridgehead atoms. The lowest BCUT2D eigenvalue weighted by molar-refractivity contribution is 0.306. The molecule has 0 unspecified atom stereocenters. The molecule has 0 aliphatic carbocycles. The fraction of sp³-hybridized carbons (Fsp3) is 0.185. The average Bonchev–Trinajstić information content (AvgIpc) is 3.31. The summed E-state index contributed by atoms with van der Waals surface area (Å²) < 4.78 is 24.6. The van der Waals surface area contributed by atoms with Gasteiger partial charge in [0.2, 0.25) is 5.75 Å². The second-order valence-electron chi connectivity index (χ2n) is 7.35. The van der Waals surface area contributed by atoms with E-state index in [1.54, 1.807) is 21.3 Å². The Kier molecular flexibility index (Phi) is 6.66. The number of hydrogen-bond donors (Lipinski definition) is 0. The van der Waals surface area contributed by atoms with E-state index in [1.807, 2.05) is 48.5 Å². The lowest BCUT2D eigenvalue weighted by atomic mass is 10.1. The van der Waals surface area contributed by atoms with Gasteiger partial charge in [-0.25, -0.2) is 0 Å². The molecule has 1 heterocycles. The summed E-state index contributed by atoms with van der Waals surface area (Å²) in [6.45, 7) is 1.29. The fourth-order valence-electron chi connectivity index (χ4n) is 3.67. The van der Waals surface area contributed by atoms with Crippen molar-refractivity contribution in [3.05, 3.63) is 96.2 Å². The van der Waals surface area contributed by atoms with Gasteiger partial charge in [-0.05, 0) is 47.5 Å². The number of ether oxygens (including phenoxy) is 4. The molecule has 5 heteroatoms. The maximum absolute atomic E-state index is 5.90. The van der Waals surface area contributed by atoms with E-state index in [4.69, 9.17) is 18.9 Å². The molecule has 4 aromatic rings. The van der Waals surface area contributed by atoms with Gasteiger partial charge in [-0.2, -0.15) is 0 Å². The molecule has 0 radical (unpaired) electrons. The van der Waals surface area contributed by atoms with E-state index < -0.39 is 0 Å². The summed E-state index contributed by atoms with van der Waals surface area (Å²) >= 11 is 0. The highest BCUT2D eigenvalue weighted by atomic mass is 16.5. The average molecular weight is 430 g/mol. The Morgan fingerprint density at radius 1 is 0.688 bits per heavy atom. The topological polar surface area (TPSA) is 41.9 Å². The molecule has 32 heavy (non-hydrogen) atoms. The minimum Gasteiger partial charge on any atom is -0.493 e. The van der Waals surface area contributed by atoms with Crippen LogP contribution in [0.4, 0.5) is 0 Å². The van der Waals surface area contributed by atoms with Crippen molar-refractivity contribution >= 4 is 0 Å². The van der Waals surface area contributed by atoms with E-state index in [9.17, 15) is 0 Å². The van der Waals surface area contributed by atoms with E-state index >= 15 is 0 Å². The molecule has 0 N–H and O–H groups in total. The van der Waals surface area contributed by atoms with Gasteiger partial charge >= 0.3 is 0 Å². The van der Waals surface area contributed by atoms with Gasteiger partial charge in [0.05, 0.1) is 21.3 Å². The molecule has 0 aliphatic heterocycles. The van der Waals surface area contributed by atoms with Crippen LogP contribution >= 0.6 is 0 Å². The SMILES string of the molecule is COc1cc(-c2cccn2Cc2ccc(OCc3ccccc3)cc2)cc(OC)c1OC. The molecule has 4 rings (SSSR count). The first kappa shape index (κ1) is 21.4. The molecule has 0 fully saturated rings. The van der Waals surface area contributed by atoms with Crippen LogP contribution in [0.2, 0.25) is 0 Å². The van der Waals surface area contributed by atoms with E-state index in [-0.39, 0.29) is 0 Å². The monoisotopic (exact) mass is 429 g/mol. The van der Waals surface area contributed by atoms with E-state index in [2.05, 4.69) is 41.1 Å². The molecule has 3 aromatic carbocycles. The first-order valence-electron chi connectivity index (χ1n) is 10.4. The first-order valence-corrected chi connectivity index (χ1v) is 10.4. The molecule has 0 spiro atoms. The Hall–Kier alpha value is -3.86. The Morgan fingerprint density at radius 3 is 2.00 bits per heavy atom. The minimum atomic E-state index is 0.559. The molecule has 0 aliphatic rings. The van der Waals surface area contributed by atoms with Gasteiger partial charge in [-0.15, -0.1) is 0 Å². The van der Waals surface area contributed by atoms with Gasteiger partial charge in [0.1, 0.15) is 12.4 Å². The Balaban J connectivity index is 1.51. The zero-order valence-electron chi connectivity index (χ0n) is 18.6. The number of methoxy groups -OCH3 is 3.